The molecule has 0 bridgehead atoms. The van der Waals surface area contributed by atoms with Crippen LogP contribution < -0.4 is 14.8 Å². The van der Waals surface area contributed by atoms with Crippen LogP contribution in [-0.2, 0) is 11.0 Å². The Balaban J connectivity index is 1.82. The molecule has 1 aromatic heterocycles. The van der Waals surface area contributed by atoms with E-state index in [0.29, 0.717) is 11.8 Å². The molecular formula is C19H15ClF3N3O4. The Morgan fingerprint density at radius 3 is 2.63 bits per heavy atom. The fourth-order valence-corrected chi connectivity index (χ4v) is 2.69. The average Bonchev–Trinajstić information content (AvgIpc) is 3.13. The maximum Gasteiger partial charge on any atom is 0.435 e. The Morgan fingerprint density at radius 1 is 1.23 bits per heavy atom. The maximum atomic E-state index is 13.1. The smallest absolute Gasteiger partial charge is 0.435 e. The minimum atomic E-state index is -4.72. The number of aromatic hydroxyl groups is 1. The van der Waals surface area contributed by atoms with Crippen molar-refractivity contribution in [2.45, 2.75) is 6.18 Å². The van der Waals surface area contributed by atoms with Gasteiger partial charge in [0.2, 0.25) is 5.88 Å². The zero-order valence-electron chi connectivity index (χ0n) is 15.4. The largest absolute Gasteiger partial charge is 0.506 e. The quantitative estimate of drug-likeness (QED) is 0.558. The fourth-order valence-electron chi connectivity index (χ4n) is 2.47. The number of methoxy groups -OCH3 is 1. The Morgan fingerprint density at radius 2 is 1.97 bits per heavy atom. The van der Waals surface area contributed by atoms with Gasteiger partial charge in [0.15, 0.2) is 12.3 Å². The molecule has 0 unspecified atom stereocenters. The van der Waals surface area contributed by atoms with Crippen LogP contribution >= 0.6 is 11.6 Å². The summed E-state index contributed by atoms with van der Waals surface area (Å²) in [5.74, 6) is -0.889. The van der Waals surface area contributed by atoms with Crippen LogP contribution in [0.4, 0.5) is 18.9 Å². The van der Waals surface area contributed by atoms with Crippen LogP contribution in [0.1, 0.15) is 5.69 Å². The van der Waals surface area contributed by atoms with Crippen molar-refractivity contribution in [1.29, 1.82) is 0 Å². The minimum Gasteiger partial charge on any atom is -0.506 e. The van der Waals surface area contributed by atoms with Crippen LogP contribution in [0, 0.1) is 0 Å². The van der Waals surface area contributed by atoms with Crippen LogP contribution in [0.15, 0.2) is 48.5 Å². The number of amides is 1. The number of carbonyl (C=O) groups is 1. The van der Waals surface area contributed by atoms with Gasteiger partial charge in [0.1, 0.15) is 11.5 Å². The van der Waals surface area contributed by atoms with Gasteiger partial charge in [-0.3, -0.25) is 4.79 Å². The number of benzene rings is 2. The van der Waals surface area contributed by atoms with Gasteiger partial charge < -0.3 is 19.9 Å². The lowest BCUT2D eigenvalue weighted by molar-refractivity contribution is -0.141. The van der Waals surface area contributed by atoms with Crippen molar-refractivity contribution in [1.82, 2.24) is 9.78 Å². The van der Waals surface area contributed by atoms with Gasteiger partial charge in [-0.2, -0.15) is 23.0 Å². The second-order valence-electron chi connectivity index (χ2n) is 5.95. The SMILES string of the molecule is COc1ccc(O)c(NC(=O)COc2cc(C(F)(F)F)nn2-c2ccccc2Cl)c1. The number of alkyl halides is 3. The molecule has 0 radical (unpaired) electrons. The molecule has 11 heteroatoms. The van der Waals surface area contributed by atoms with Crippen molar-refractivity contribution in [2.75, 3.05) is 19.0 Å². The highest BCUT2D eigenvalue weighted by Gasteiger charge is 2.36. The third-order valence-electron chi connectivity index (χ3n) is 3.88. The molecular weight excluding hydrogens is 427 g/mol. The molecule has 0 aliphatic heterocycles. The zero-order chi connectivity index (χ0) is 21.9. The summed E-state index contributed by atoms with van der Waals surface area (Å²) in [4.78, 5) is 12.2. The topological polar surface area (TPSA) is 85.6 Å². The van der Waals surface area contributed by atoms with Gasteiger partial charge in [0, 0.05) is 12.1 Å². The first-order valence-corrected chi connectivity index (χ1v) is 8.78. The van der Waals surface area contributed by atoms with E-state index in [4.69, 9.17) is 21.1 Å². The number of hydrogen-bond donors (Lipinski definition) is 2. The number of aromatic nitrogens is 2. The number of nitrogens with zero attached hydrogens (tertiary/aromatic N) is 2. The third kappa shape index (κ3) is 4.77. The molecule has 0 aliphatic rings. The number of nitrogens with one attached hydrogen (secondary N) is 1. The summed E-state index contributed by atoms with van der Waals surface area (Å²) in [5.41, 5.74) is -1.00. The first-order chi connectivity index (χ1) is 14.2. The Kier molecular flexibility index (Phi) is 6.06. The second kappa shape index (κ2) is 8.54. The van der Waals surface area contributed by atoms with Crippen molar-refractivity contribution in [3.8, 4) is 23.1 Å². The number of para-hydroxylation sites is 1. The lowest BCUT2D eigenvalue weighted by Crippen LogP contribution is -2.21. The summed E-state index contributed by atoms with van der Waals surface area (Å²) < 4.78 is 50.5. The summed E-state index contributed by atoms with van der Waals surface area (Å²) in [6.07, 6.45) is -4.72. The standard InChI is InChI=1S/C19H15ClF3N3O4/c1-29-11-6-7-15(27)13(8-11)24-17(28)10-30-18-9-16(19(21,22)23)25-26(18)14-5-3-2-4-12(14)20/h2-9,27H,10H2,1H3,(H,24,28). The molecule has 0 saturated carbocycles. The van der Waals surface area contributed by atoms with E-state index in [9.17, 15) is 23.1 Å². The van der Waals surface area contributed by atoms with E-state index in [2.05, 4.69) is 10.4 Å². The molecule has 2 aromatic carbocycles. The van der Waals surface area contributed by atoms with Crippen LogP contribution in [0.3, 0.4) is 0 Å². The van der Waals surface area contributed by atoms with Crippen LogP contribution in [-0.4, -0.2) is 34.5 Å². The van der Waals surface area contributed by atoms with E-state index in [1.165, 1.54) is 37.4 Å². The van der Waals surface area contributed by atoms with E-state index < -0.39 is 24.4 Å². The molecule has 0 spiro atoms. The second-order valence-corrected chi connectivity index (χ2v) is 6.36. The van der Waals surface area contributed by atoms with Crippen LogP contribution in [0.2, 0.25) is 5.02 Å². The fraction of sp³-hybridized carbons (Fsp3) is 0.158. The van der Waals surface area contributed by atoms with E-state index in [0.717, 1.165) is 4.68 Å². The summed E-state index contributed by atoms with van der Waals surface area (Å²) in [5, 5.41) is 15.9. The molecule has 0 aliphatic carbocycles. The Bertz CT molecular complexity index is 1070. The third-order valence-corrected chi connectivity index (χ3v) is 4.20. The highest BCUT2D eigenvalue weighted by Crippen LogP contribution is 2.33. The normalized spacial score (nSPS) is 11.2. The highest BCUT2D eigenvalue weighted by molar-refractivity contribution is 6.32. The highest BCUT2D eigenvalue weighted by atomic mass is 35.5. The van der Waals surface area contributed by atoms with Gasteiger partial charge in [-0.25, -0.2) is 0 Å². The van der Waals surface area contributed by atoms with Crippen LogP contribution in [0.25, 0.3) is 5.69 Å². The van der Waals surface area contributed by atoms with Crippen molar-refractivity contribution in [3.05, 3.63) is 59.2 Å². The number of carbonyl (C=O) groups excluding carboxylic acids is 1. The van der Waals surface area contributed by atoms with Crippen molar-refractivity contribution in [2.24, 2.45) is 0 Å². The number of phenolic OH excluding ortho intramolecular Hbond substituents is 1. The molecule has 7 nitrogen and oxygen atoms in total. The van der Waals surface area contributed by atoms with Crippen molar-refractivity contribution >= 4 is 23.2 Å². The lowest BCUT2D eigenvalue weighted by Gasteiger charge is -2.11. The van der Waals surface area contributed by atoms with E-state index in [1.54, 1.807) is 12.1 Å². The lowest BCUT2D eigenvalue weighted by atomic mass is 10.2. The molecule has 1 heterocycles. The Hall–Kier alpha value is -3.40. The summed E-state index contributed by atoms with van der Waals surface area (Å²) in [6, 6.07) is 11.0. The number of anilines is 1. The number of ether oxygens (including phenoxy) is 2. The van der Waals surface area contributed by atoms with Gasteiger partial charge in [-0.1, -0.05) is 23.7 Å². The predicted octanol–water partition coefficient (Wildman–Crippen LogP) is 4.28. The molecule has 158 valence electrons. The molecule has 0 atom stereocenters. The molecule has 30 heavy (non-hydrogen) atoms. The molecule has 2 N–H and O–H groups in total. The first kappa shape index (κ1) is 21.3. The predicted molar refractivity (Wildman–Crippen MR) is 102 cm³/mol. The number of halogens is 4. The molecule has 3 aromatic rings. The summed E-state index contributed by atoms with van der Waals surface area (Å²) in [6.45, 7) is -0.649. The van der Waals surface area contributed by atoms with Crippen LogP contribution in [0.5, 0.6) is 17.4 Å². The number of hydrogen-bond acceptors (Lipinski definition) is 5. The monoisotopic (exact) mass is 441 g/mol. The number of rotatable bonds is 6. The van der Waals surface area contributed by atoms with Gasteiger partial charge in [0.25, 0.3) is 5.91 Å². The molecule has 1 amide bonds. The van der Waals surface area contributed by atoms with E-state index in [-0.39, 0.29) is 28.0 Å². The molecule has 3 rings (SSSR count). The van der Waals surface area contributed by atoms with Crippen molar-refractivity contribution in [3.63, 3.8) is 0 Å². The maximum absolute atomic E-state index is 13.1. The van der Waals surface area contributed by atoms with E-state index >= 15 is 0 Å². The summed E-state index contributed by atoms with van der Waals surface area (Å²) in [7, 11) is 1.41. The Labute approximate surface area is 173 Å². The molecule has 0 saturated heterocycles. The first-order valence-electron chi connectivity index (χ1n) is 8.41. The average molecular weight is 442 g/mol. The van der Waals surface area contributed by atoms with Gasteiger partial charge >= 0.3 is 6.18 Å². The van der Waals surface area contributed by atoms with E-state index in [1.807, 2.05) is 0 Å². The van der Waals surface area contributed by atoms with Gasteiger partial charge in [-0.15, -0.1) is 0 Å². The van der Waals surface area contributed by atoms with Gasteiger partial charge in [-0.05, 0) is 24.3 Å². The zero-order valence-corrected chi connectivity index (χ0v) is 16.2. The minimum absolute atomic E-state index is 0.0542. The number of phenols is 1. The van der Waals surface area contributed by atoms with Crippen molar-refractivity contribution < 1.29 is 32.5 Å². The summed E-state index contributed by atoms with van der Waals surface area (Å²) >= 11 is 6.05. The molecule has 0 fully saturated rings. The van der Waals surface area contributed by atoms with Gasteiger partial charge in [0.05, 0.1) is 23.5 Å².